The summed E-state index contributed by atoms with van der Waals surface area (Å²) < 4.78 is 0. The molecule has 0 bridgehead atoms. The van der Waals surface area contributed by atoms with E-state index in [1.807, 2.05) is 37.4 Å². The fourth-order valence-corrected chi connectivity index (χ4v) is 2.95. The minimum atomic E-state index is -0.0204. The Morgan fingerprint density at radius 3 is 2.70 bits per heavy atom. The first kappa shape index (κ1) is 15.2. The number of carbonyl (C=O) groups is 1. The molecule has 114 valence electrons. The van der Waals surface area contributed by atoms with Gasteiger partial charge in [0.2, 0.25) is 0 Å². The van der Waals surface area contributed by atoms with Crippen molar-refractivity contribution >= 4 is 23.2 Å². The van der Waals surface area contributed by atoms with E-state index in [2.05, 4.69) is 15.0 Å². The van der Waals surface area contributed by atoms with Gasteiger partial charge in [-0.3, -0.25) is 4.79 Å². The Balaban J connectivity index is 1.78. The van der Waals surface area contributed by atoms with E-state index in [1.54, 1.807) is 30.6 Å². The average molecular weight is 321 g/mol. The summed E-state index contributed by atoms with van der Waals surface area (Å²) in [6, 6.07) is 7.58. The second-order valence-electron chi connectivity index (χ2n) is 5.17. The first-order valence-electron chi connectivity index (χ1n) is 7.16. The minimum absolute atomic E-state index is 0.0204. The predicted octanol–water partition coefficient (Wildman–Crippen LogP) is 4.11. The lowest BCUT2D eigenvalue weighted by molar-refractivity contribution is 0.104. The first-order valence-corrected chi connectivity index (χ1v) is 8.04. The number of rotatable bonds is 4. The van der Waals surface area contributed by atoms with Gasteiger partial charge in [0.05, 0.1) is 5.69 Å². The molecule has 3 rings (SSSR count). The van der Waals surface area contributed by atoms with Crippen LogP contribution < -0.4 is 0 Å². The van der Waals surface area contributed by atoms with Crippen LogP contribution in [0.15, 0.2) is 48.1 Å². The molecule has 0 fully saturated rings. The highest BCUT2D eigenvalue weighted by molar-refractivity contribution is 7.13. The van der Waals surface area contributed by atoms with Crippen LogP contribution >= 0.6 is 11.3 Å². The van der Waals surface area contributed by atoms with Gasteiger partial charge in [-0.2, -0.15) is 0 Å². The minimum Gasteiger partial charge on any atom is -0.289 e. The van der Waals surface area contributed by atoms with E-state index in [9.17, 15) is 4.79 Å². The molecule has 0 spiro atoms. The predicted molar refractivity (Wildman–Crippen MR) is 92.4 cm³/mol. The molecule has 4 nitrogen and oxygen atoms in total. The Bertz CT molecular complexity index is 869. The van der Waals surface area contributed by atoms with Crippen molar-refractivity contribution in [2.24, 2.45) is 0 Å². The summed E-state index contributed by atoms with van der Waals surface area (Å²) in [6.07, 6.45) is 6.65. The Morgan fingerprint density at radius 2 is 1.96 bits per heavy atom. The van der Waals surface area contributed by atoms with Crippen LogP contribution in [0.5, 0.6) is 0 Å². The van der Waals surface area contributed by atoms with Crippen LogP contribution in [0.2, 0.25) is 0 Å². The van der Waals surface area contributed by atoms with Crippen molar-refractivity contribution < 1.29 is 4.79 Å². The van der Waals surface area contributed by atoms with Gasteiger partial charge in [-0.15, -0.1) is 11.3 Å². The number of aryl methyl sites for hydroxylation is 2. The van der Waals surface area contributed by atoms with E-state index in [4.69, 9.17) is 0 Å². The van der Waals surface area contributed by atoms with Crippen LogP contribution in [0.1, 0.15) is 27.2 Å². The van der Waals surface area contributed by atoms with Crippen molar-refractivity contribution in [1.29, 1.82) is 0 Å². The summed E-state index contributed by atoms with van der Waals surface area (Å²) in [6.45, 7) is 3.96. The molecule has 0 aliphatic carbocycles. The zero-order chi connectivity index (χ0) is 16.2. The van der Waals surface area contributed by atoms with E-state index in [-0.39, 0.29) is 5.78 Å². The van der Waals surface area contributed by atoms with E-state index in [0.717, 1.165) is 21.8 Å². The standard InChI is InChI=1S/C18H15N3OS/c1-12-4-6-15(13(2)10-12)16(22)7-5-14-11-23-18(21-14)17-19-8-3-9-20-17/h3-11H,1-2H3/b7-5-. The SMILES string of the molecule is Cc1ccc(C(=O)/C=C\c2csc(-c3ncccn3)n2)c(C)c1. The third kappa shape index (κ3) is 3.57. The molecule has 0 amide bonds. The van der Waals surface area contributed by atoms with E-state index in [0.29, 0.717) is 11.4 Å². The van der Waals surface area contributed by atoms with E-state index < -0.39 is 0 Å². The molecule has 1 aromatic carbocycles. The van der Waals surface area contributed by atoms with E-state index >= 15 is 0 Å². The van der Waals surface area contributed by atoms with Gasteiger partial charge in [0.15, 0.2) is 16.6 Å². The van der Waals surface area contributed by atoms with Crippen molar-refractivity contribution in [3.8, 4) is 10.8 Å². The number of benzene rings is 1. The van der Waals surface area contributed by atoms with Gasteiger partial charge in [-0.05, 0) is 37.6 Å². The topological polar surface area (TPSA) is 55.7 Å². The molecular weight excluding hydrogens is 306 g/mol. The Labute approximate surface area is 138 Å². The maximum Gasteiger partial charge on any atom is 0.188 e. The fraction of sp³-hybridized carbons (Fsp3) is 0.111. The van der Waals surface area contributed by atoms with E-state index in [1.165, 1.54) is 11.3 Å². The summed E-state index contributed by atoms with van der Waals surface area (Å²) in [5, 5.41) is 2.63. The van der Waals surface area contributed by atoms with Crippen molar-refractivity contribution in [3.63, 3.8) is 0 Å². The highest BCUT2D eigenvalue weighted by Crippen LogP contribution is 2.20. The molecule has 0 radical (unpaired) electrons. The zero-order valence-electron chi connectivity index (χ0n) is 12.9. The van der Waals surface area contributed by atoms with Gasteiger partial charge in [-0.25, -0.2) is 15.0 Å². The molecule has 0 saturated heterocycles. The van der Waals surface area contributed by atoms with Gasteiger partial charge in [0.25, 0.3) is 0 Å². The number of ketones is 1. The van der Waals surface area contributed by atoms with Crippen LogP contribution in [0.4, 0.5) is 0 Å². The highest BCUT2D eigenvalue weighted by Gasteiger charge is 2.07. The van der Waals surface area contributed by atoms with Crippen LogP contribution in [0, 0.1) is 13.8 Å². The number of allylic oxidation sites excluding steroid dienone is 1. The molecule has 0 aliphatic heterocycles. The van der Waals surface area contributed by atoms with Gasteiger partial charge in [-0.1, -0.05) is 23.8 Å². The summed E-state index contributed by atoms with van der Waals surface area (Å²) in [4.78, 5) is 25.1. The Morgan fingerprint density at radius 1 is 1.17 bits per heavy atom. The maximum atomic E-state index is 12.3. The number of nitrogens with zero attached hydrogens (tertiary/aromatic N) is 3. The third-order valence-corrected chi connectivity index (χ3v) is 4.19. The molecule has 0 saturated carbocycles. The summed E-state index contributed by atoms with van der Waals surface area (Å²) in [5.41, 5.74) is 3.58. The molecule has 2 heterocycles. The second-order valence-corrected chi connectivity index (χ2v) is 6.02. The normalized spacial score (nSPS) is 11.0. The molecule has 0 N–H and O–H groups in total. The summed E-state index contributed by atoms with van der Waals surface area (Å²) in [5.74, 6) is 0.575. The van der Waals surface area contributed by atoms with Gasteiger partial charge in [0, 0.05) is 23.3 Å². The smallest absolute Gasteiger partial charge is 0.188 e. The Kier molecular flexibility index (Phi) is 4.39. The molecule has 0 aliphatic rings. The van der Waals surface area contributed by atoms with Crippen molar-refractivity contribution in [2.75, 3.05) is 0 Å². The largest absolute Gasteiger partial charge is 0.289 e. The van der Waals surface area contributed by atoms with Crippen LogP contribution in [0.3, 0.4) is 0 Å². The van der Waals surface area contributed by atoms with Gasteiger partial charge in [0.1, 0.15) is 0 Å². The van der Waals surface area contributed by atoms with Crippen molar-refractivity contribution in [2.45, 2.75) is 13.8 Å². The number of hydrogen-bond donors (Lipinski definition) is 0. The number of hydrogen-bond acceptors (Lipinski definition) is 5. The zero-order valence-corrected chi connectivity index (χ0v) is 13.7. The first-order chi connectivity index (χ1) is 11.1. The summed E-state index contributed by atoms with van der Waals surface area (Å²) in [7, 11) is 0. The summed E-state index contributed by atoms with van der Waals surface area (Å²) >= 11 is 1.46. The van der Waals surface area contributed by atoms with Crippen molar-refractivity contribution in [3.05, 3.63) is 70.5 Å². The number of thiazole rings is 1. The average Bonchev–Trinajstić information content (AvgIpc) is 3.02. The molecule has 0 atom stereocenters. The molecule has 5 heteroatoms. The van der Waals surface area contributed by atoms with Crippen molar-refractivity contribution in [1.82, 2.24) is 15.0 Å². The Hall–Kier alpha value is -2.66. The van der Waals surface area contributed by atoms with Gasteiger partial charge < -0.3 is 0 Å². The van der Waals surface area contributed by atoms with Crippen LogP contribution in [-0.2, 0) is 0 Å². The molecular formula is C18H15N3OS. The number of carbonyl (C=O) groups excluding carboxylic acids is 1. The quantitative estimate of drug-likeness (QED) is 0.536. The second kappa shape index (κ2) is 6.62. The number of aromatic nitrogens is 3. The van der Waals surface area contributed by atoms with Gasteiger partial charge >= 0.3 is 0 Å². The molecule has 2 aromatic heterocycles. The monoisotopic (exact) mass is 321 g/mol. The lowest BCUT2D eigenvalue weighted by Crippen LogP contribution is -1.98. The molecule has 23 heavy (non-hydrogen) atoms. The lowest BCUT2D eigenvalue weighted by Gasteiger charge is -2.02. The molecule has 3 aromatic rings. The van der Waals surface area contributed by atoms with Crippen LogP contribution in [-0.4, -0.2) is 20.7 Å². The van der Waals surface area contributed by atoms with Crippen LogP contribution in [0.25, 0.3) is 16.9 Å². The lowest BCUT2D eigenvalue weighted by atomic mass is 10.0. The third-order valence-electron chi connectivity index (χ3n) is 3.33. The highest BCUT2D eigenvalue weighted by atomic mass is 32.1. The maximum absolute atomic E-state index is 12.3. The fourth-order valence-electron chi connectivity index (χ4n) is 2.22. The molecule has 0 unspecified atom stereocenters.